The van der Waals surface area contributed by atoms with Gasteiger partial charge in [0.1, 0.15) is 6.61 Å². The highest BCUT2D eigenvalue weighted by atomic mass is 16.5. The van der Waals surface area contributed by atoms with Crippen molar-refractivity contribution >= 4 is 6.09 Å². The minimum absolute atomic E-state index is 0.178. The van der Waals surface area contributed by atoms with E-state index in [2.05, 4.69) is 26.1 Å². The Morgan fingerprint density at radius 2 is 1.61 bits per heavy atom. The normalized spacial score (nSPS) is 12.8. The van der Waals surface area contributed by atoms with Crippen LogP contribution in [0.3, 0.4) is 0 Å². The van der Waals surface area contributed by atoms with Crippen LogP contribution in [-0.2, 0) is 9.47 Å². The summed E-state index contributed by atoms with van der Waals surface area (Å²) in [6, 6.07) is 0. The van der Waals surface area contributed by atoms with Gasteiger partial charge in [-0.15, -0.1) is 0 Å². The minimum Gasteiger partial charge on any atom is -0.445 e. The van der Waals surface area contributed by atoms with Gasteiger partial charge in [-0.25, -0.2) is 4.79 Å². The highest BCUT2D eigenvalue weighted by molar-refractivity contribution is 5.68. The summed E-state index contributed by atoms with van der Waals surface area (Å²) in [5.41, 5.74) is -0.0897. The SMILES string of the molecule is CC(C)(C)COC/C=C\COC(=O)NC(C)(C)C. The van der Waals surface area contributed by atoms with Crippen LogP contribution in [0.1, 0.15) is 41.5 Å². The zero-order chi connectivity index (χ0) is 14.2. The van der Waals surface area contributed by atoms with E-state index in [4.69, 9.17) is 9.47 Å². The van der Waals surface area contributed by atoms with E-state index in [0.717, 1.165) is 0 Å². The smallest absolute Gasteiger partial charge is 0.407 e. The molecule has 0 fully saturated rings. The molecule has 4 heteroatoms. The monoisotopic (exact) mass is 257 g/mol. The second kappa shape index (κ2) is 7.41. The third kappa shape index (κ3) is 13.0. The zero-order valence-electron chi connectivity index (χ0n) is 12.5. The van der Waals surface area contributed by atoms with Crippen molar-refractivity contribution < 1.29 is 14.3 Å². The Hall–Kier alpha value is -1.03. The van der Waals surface area contributed by atoms with Gasteiger partial charge in [0.25, 0.3) is 0 Å². The van der Waals surface area contributed by atoms with E-state index in [9.17, 15) is 4.79 Å². The van der Waals surface area contributed by atoms with E-state index in [-0.39, 0.29) is 17.6 Å². The molecule has 0 heterocycles. The van der Waals surface area contributed by atoms with Gasteiger partial charge >= 0.3 is 6.09 Å². The number of amides is 1. The number of ether oxygens (including phenoxy) is 2. The zero-order valence-corrected chi connectivity index (χ0v) is 12.5. The standard InChI is InChI=1S/C14H27NO3/c1-13(2,3)11-17-9-7-8-10-18-12(16)15-14(4,5)6/h7-8H,9-11H2,1-6H3,(H,15,16)/b8-7-. The number of nitrogens with one attached hydrogen (secondary N) is 1. The predicted molar refractivity (Wildman–Crippen MR) is 73.7 cm³/mol. The van der Waals surface area contributed by atoms with Crippen molar-refractivity contribution in [2.24, 2.45) is 5.41 Å². The van der Waals surface area contributed by atoms with Gasteiger partial charge in [-0.05, 0) is 32.3 Å². The van der Waals surface area contributed by atoms with Gasteiger partial charge in [0.05, 0.1) is 13.2 Å². The van der Waals surface area contributed by atoms with E-state index in [1.165, 1.54) is 0 Å². The van der Waals surface area contributed by atoms with Crippen molar-refractivity contribution in [1.82, 2.24) is 5.32 Å². The molecule has 0 saturated heterocycles. The molecule has 106 valence electrons. The Morgan fingerprint density at radius 1 is 1.06 bits per heavy atom. The van der Waals surface area contributed by atoms with Gasteiger partial charge in [-0.1, -0.05) is 26.8 Å². The average molecular weight is 257 g/mol. The fourth-order valence-corrected chi connectivity index (χ4v) is 1.04. The van der Waals surface area contributed by atoms with E-state index in [0.29, 0.717) is 13.2 Å². The largest absolute Gasteiger partial charge is 0.445 e. The molecule has 18 heavy (non-hydrogen) atoms. The highest BCUT2D eigenvalue weighted by Gasteiger charge is 2.13. The van der Waals surface area contributed by atoms with Crippen molar-refractivity contribution in [3.05, 3.63) is 12.2 Å². The lowest BCUT2D eigenvalue weighted by Crippen LogP contribution is -2.40. The summed E-state index contributed by atoms with van der Waals surface area (Å²) in [4.78, 5) is 11.3. The van der Waals surface area contributed by atoms with Gasteiger partial charge in [-0.3, -0.25) is 0 Å². The molecule has 0 atom stereocenters. The molecular formula is C14H27NO3. The molecule has 0 spiro atoms. The molecule has 0 aliphatic rings. The molecule has 0 aliphatic carbocycles. The van der Waals surface area contributed by atoms with Crippen LogP contribution in [0.25, 0.3) is 0 Å². The number of carbonyl (C=O) groups is 1. The molecule has 0 rings (SSSR count). The van der Waals surface area contributed by atoms with Gasteiger partial charge in [0, 0.05) is 5.54 Å². The lowest BCUT2D eigenvalue weighted by atomic mass is 9.99. The highest BCUT2D eigenvalue weighted by Crippen LogP contribution is 2.12. The Labute approximate surface area is 111 Å². The van der Waals surface area contributed by atoms with Crippen molar-refractivity contribution in [3.63, 3.8) is 0 Å². The molecule has 0 saturated carbocycles. The average Bonchev–Trinajstić information content (AvgIpc) is 2.11. The summed E-state index contributed by atoms with van der Waals surface area (Å²) in [5.74, 6) is 0. The number of hydrogen-bond acceptors (Lipinski definition) is 3. The molecule has 0 aromatic heterocycles. The lowest BCUT2D eigenvalue weighted by Gasteiger charge is -2.19. The Balaban J connectivity index is 3.58. The van der Waals surface area contributed by atoms with E-state index in [1.807, 2.05) is 26.8 Å². The summed E-state index contributed by atoms with van der Waals surface area (Å²) >= 11 is 0. The van der Waals surface area contributed by atoms with Crippen LogP contribution in [0, 0.1) is 5.41 Å². The molecule has 0 unspecified atom stereocenters. The first-order valence-corrected chi connectivity index (χ1v) is 6.28. The molecule has 1 amide bonds. The molecule has 1 N–H and O–H groups in total. The number of hydrogen-bond donors (Lipinski definition) is 1. The van der Waals surface area contributed by atoms with Crippen LogP contribution in [-0.4, -0.2) is 31.5 Å². The molecule has 0 aromatic rings. The van der Waals surface area contributed by atoms with Crippen LogP contribution in [0.4, 0.5) is 4.79 Å². The molecule has 0 bridgehead atoms. The van der Waals surface area contributed by atoms with Crippen molar-refractivity contribution in [1.29, 1.82) is 0 Å². The Morgan fingerprint density at radius 3 is 2.11 bits per heavy atom. The minimum atomic E-state index is -0.400. The summed E-state index contributed by atoms with van der Waals surface area (Å²) in [5, 5.41) is 2.71. The fourth-order valence-electron chi connectivity index (χ4n) is 1.04. The Bertz CT molecular complexity index is 272. The van der Waals surface area contributed by atoms with Crippen molar-refractivity contribution in [3.8, 4) is 0 Å². The molecule has 4 nitrogen and oxygen atoms in total. The first kappa shape index (κ1) is 17.0. The fraction of sp³-hybridized carbons (Fsp3) is 0.786. The summed E-state index contributed by atoms with van der Waals surface area (Å²) < 4.78 is 10.4. The third-order valence-electron chi connectivity index (χ3n) is 1.70. The second-order valence-corrected chi connectivity index (χ2v) is 6.52. The second-order valence-electron chi connectivity index (χ2n) is 6.52. The molecular weight excluding hydrogens is 230 g/mol. The summed E-state index contributed by atoms with van der Waals surface area (Å²) in [6.07, 6.45) is 3.24. The van der Waals surface area contributed by atoms with Crippen LogP contribution in [0.15, 0.2) is 12.2 Å². The van der Waals surface area contributed by atoms with Crippen LogP contribution in [0.5, 0.6) is 0 Å². The van der Waals surface area contributed by atoms with Crippen LogP contribution in [0.2, 0.25) is 0 Å². The molecule has 0 aromatic carbocycles. The summed E-state index contributed by atoms with van der Waals surface area (Å²) in [6.45, 7) is 13.6. The van der Waals surface area contributed by atoms with E-state index >= 15 is 0 Å². The number of rotatable bonds is 5. The van der Waals surface area contributed by atoms with Crippen LogP contribution < -0.4 is 5.32 Å². The lowest BCUT2D eigenvalue weighted by molar-refractivity contribution is 0.0905. The van der Waals surface area contributed by atoms with E-state index in [1.54, 1.807) is 6.08 Å². The number of alkyl carbamates (subject to hydrolysis) is 1. The first-order valence-electron chi connectivity index (χ1n) is 6.28. The number of carbonyl (C=O) groups excluding carboxylic acids is 1. The van der Waals surface area contributed by atoms with E-state index < -0.39 is 6.09 Å². The maximum atomic E-state index is 11.3. The predicted octanol–water partition coefficient (Wildman–Crippen LogP) is 3.13. The van der Waals surface area contributed by atoms with Gasteiger partial charge in [-0.2, -0.15) is 0 Å². The third-order valence-corrected chi connectivity index (χ3v) is 1.70. The quantitative estimate of drug-likeness (QED) is 0.608. The Kier molecular flexibility index (Phi) is 6.99. The van der Waals surface area contributed by atoms with Gasteiger partial charge in [0.15, 0.2) is 0 Å². The summed E-state index contributed by atoms with van der Waals surface area (Å²) in [7, 11) is 0. The van der Waals surface area contributed by atoms with Gasteiger partial charge < -0.3 is 14.8 Å². The maximum absolute atomic E-state index is 11.3. The van der Waals surface area contributed by atoms with Crippen molar-refractivity contribution in [2.45, 2.75) is 47.1 Å². The molecule has 0 radical (unpaired) electrons. The van der Waals surface area contributed by atoms with Crippen LogP contribution >= 0.6 is 0 Å². The van der Waals surface area contributed by atoms with Gasteiger partial charge in [0.2, 0.25) is 0 Å². The molecule has 0 aliphatic heterocycles. The topological polar surface area (TPSA) is 47.6 Å². The first-order chi connectivity index (χ1) is 8.10. The van der Waals surface area contributed by atoms with Crippen molar-refractivity contribution in [2.75, 3.05) is 19.8 Å². The maximum Gasteiger partial charge on any atom is 0.407 e.